The highest BCUT2D eigenvalue weighted by Gasteiger charge is 2.12. The fourth-order valence-electron chi connectivity index (χ4n) is 0.894. The van der Waals surface area contributed by atoms with Crippen molar-refractivity contribution >= 4 is 11.8 Å². The molecule has 11 heavy (non-hydrogen) atoms. The molecule has 0 atom stereocenters. The van der Waals surface area contributed by atoms with E-state index in [2.05, 4.69) is 40.7 Å². The molecule has 0 unspecified atom stereocenters. The molecule has 0 aromatic carbocycles. The van der Waals surface area contributed by atoms with Crippen LogP contribution in [0, 0.1) is 0 Å². The second-order valence-corrected chi connectivity index (χ2v) is 5.67. The van der Waals surface area contributed by atoms with Crippen molar-refractivity contribution in [2.75, 3.05) is 0 Å². The van der Waals surface area contributed by atoms with E-state index >= 15 is 0 Å². The van der Waals surface area contributed by atoms with Crippen molar-refractivity contribution in [2.45, 2.75) is 52.2 Å². The van der Waals surface area contributed by atoms with Crippen LogP contribution in [-0.4, -0.2) is 4.75 Å². The van der Waals surface area contributed by atoms with Gasteiger partial charge in [0.15, 0.2) is 0 Å². The van der Waals surface area contributed by atoms with Crippen molar-refractivity contribution in [1.82, 2.24) is 0 Å². The fourth-order valence-corrected chi connectivity index (χ4v) is 2.10. The van der Waals surface area contributed by atoms with Gasteiger partial charge in [0.2, 0.25) is 0 Å². The molecule has 0 nitrogen and oxygen atoms in total. The summed E-state index contributed by atoms with van der Waals surface area (Å²) in [4.78, 5) is 1.53. The lowest BCUT2D eigenvalue weighted by Crippen LogP contribution is -2.07. The lowest BCUT2D eigenvalue weighted by atomic mass is 10.3. The summed E-state index contributed by atoms with van der Waals surface area (Å²) < 4.78 is 0.372. The number of hydrogen-bond donors (Lipinski definition) is 0. The number of rotatable bonds is 3. The first kappa shape index (κ1) is 11.1. The SMILES string of the molecule is C/C=C(/CCC)SC(C)(C)C. The summed E-state index contributed by atoms with van der Waals surface area (Å²) >= 11 is 1.99. The molecule has 0 rings (SSSR count). The van der Waals surface area contributed by atoms with Crippen LogP contribution in [0.4, 0.5) is 0 Å². The van der Waals surface area contributed by atoms with E-state index in [9.17, 15) is 0 Å². The van der Waals surface area contributed by atoms with Crippen molar-refractivity contribution in [3.05, 3.63) is 11.0 Å². The lowest BCUT2D eigenvalue weighted by molar-refractivity contribution is 0.802. The van der Waals surface area contributed by atoms with Gasteiger partial charge in [-0.2, -0.15) is 0 Å². The maximum atomic E-state index is 2.26. The Bertz CT molecular complexity index is 128. The van der Waals surface area contributed by atoms with Crippen LogP contribution in [0.3, 0.4) is 0 Å². The van der Waals surface area contributed by atoms with Gasteiger partial charge in [0.1, 0.15) is 0 Å². The molecule has 0 amide bonds. The van der Waals surface area contributed by atoms with Gasteiger partial charge in [-0.25, -0.2) is 0 Å². The molecule has 66 valence electrons. The Balaban J connectivity index is 3.90. The number of thioether (sulfide) groups is 1. The Kier molecular flexibility index (Phi) is 4.91. The van der Waals surface area contributed by atoms with Crippen LogP contribution in [0.25, 0.3) is 0 Å². The van der Waals surface area contributed by atoms with Crippen LogP contribution in [0.2, 0.25) is 0 Å². The number of allylic oxidation sites excluding steroid dienone is 2. The Morgan fingerprint density at radius 2 is 1.91 bits per heavy atom. The Morgan fingerprint density at radius 3 is 2.18 bits per heavy atom. The van der Waals surface area contributed by atoms with Gasteiger partial charge < -0.3 is 0 Å². The zero-order valence-corrected chi connectivity index (χ0v) is 9.22. The van der Waals surface area contributed by atoms with Gasteiger partial charge in [-0.3, -0.25) is 0 Å². The zero-order chi connectivity index (χ0) is 8.91. The molecule has 0 aliphatic carbocycles. The molecule has 0 aromatic heterocycles. The molecule has 0 saturated carbocycles. The Labute approximate surface area is 75.5 Å². The standard InChI is InChI=1S/C10H20S/c1-6-8-9(7-2)11-10(3,4)5/h7H,6,8H2,1-5H3/b9-7-. The summed E-state index contributed by atoms with van der Waals surface area (Å²) in [5, 5.41) is 0. The quantitative estimate of drug-likeness (QED) is 0.614. The van der Waals surface area contributed by atoms with E-state index in [1.165, 1.54) is 17.7 Å². The molecule has 0 aromatic rings. The van der Waals surface area contributed by atoms with E-state index < -0.39 is 0 Å². The summed E-state index contributed by atoms with van der Waals surface area (Å²) in [6.45, 7) is 11.1. The molecule has 0 aliphatic rings. The molecular formula is C10H20S. The maximum Gasteiger partial charge on any atom is 0.0119 e. The van der Waals surface area contributed by atoms with Crippen LogP contribution in [0.15, 0.2) is 11.0 Å². The summed E-state index contributed by atoms with van der Waals surface area (Å²) in [5.41, 5.74) is 0. The molecule has 0 aliphatic heterocycles. The number of hydrogen-bond acceptors (Lipinski definition) is 1. The van der Waals surface area contributed by atoms with E-state index in [1.807, 2.05) is 11.8 Å². The predicted octanol–water partition coefficient (Wildman–Crippen LogP) is 4.22. The fraction of sp³-hybridized carbons (Fsp3) is 0.800. The lowest BCUT2D eigenvalue weighted by Gasteiger charge is -2.19. The van der Waals surface area contributed by atoms with E-state index in [0.717, 1.165) is 0 Å². The van der Waals surface area contributed by atoms with Gasteiger partial charge in [-0.05, 0) is 18.2 Å². The highest BCUT2D eigenvalue weighted by atomic mass is 32.2. The molecule has 0 bridgehead atoms. The first-order chi connectivity index (χ1) is 4.99. The van der Waals surface area contributed by atoms with Crippen LogP contribution < -0.4 is 0 Å². The van der Waals surface area contributed by atoms with E-state index in [4.69, 9.17) is 0 Å². The third kappa shape index (κ3) is 6.49. The first-order valence-electron chi connectivity index (χ1n) is 4.33. The second-order valence-electron chi connectivity index (χ2n) is 3.72. The highest BCUT2D eigenvalue weighted by molar-refractivity contribution is 8.04. The van der Waals surface area contributed by atoms with E-state index in [0.29, 0.717) is 4.75 Å². The van der Waals surface area contributed by atoms with Gasteiger partial charge in [0.25, 0.3) is 0 Å². The minimum Gasteiger partial charge on any atom is -0.125 e. The van der Waals surface area contributed by atoms with Gasteiger partial charge >= 0.3 is 0 Å². The molecule has 0 spiro atoms. The van der Waals surface area contributed by atoms with Crippen molar-refractivity contribution in [3.8, 4) is 0 Å². The zero-order valence-electron chi connectivity index (χ0n) is 8.40. The average molecular weight is 172 g/mol. The van der Waals surface area contributed by atoms with Crippen molar-refractivity contribution < 1.29 is 0 Å². The van der Waals surface area contributed by atoms with Crippen molar-refractivity contribution in [1.29, 1.82) is 0 Å². The molecule has 0 fully saturated rings. The Hall–Kier alpha value is 0.0900. The van der Waals surface area contributed by atoms with Crippen LogP contribution in [-0.2, 0) is 0 Å². The maximum absolute atomic E-state index is 2.26. The summed E-state index contributed by atoms with van der Waals surface area (Å²) in [7, 11) is 0. The average Bonchev–Trinajstić information content (AvgIpc) is 1.84. The van der Waals surface area contributed by atoms with Gasteiger partial charge in [0.05, 0.1) is 0 Å². The minimum absolute atomic E-state index is 0.372. The van der Waals surface area contributed by atoms with E-state index in [-0.39, 0.29) is 0 Å². The summed E-state index contributed by atoms with van der Waals surface area (Å²) in [6.07, 6.45) is 4.72. The summed E-state index contributed by atoms with van der Waals surface area (Å²) in [5.74, 6) is 0. The normalized spacial score (nSPS) is 13.7. The largest absolute Gasteiger partial charge is 0.125 e. The van der Waals surface area contributed by atoms with Crippen LogP contribution in [0.1, 0.15) is 47.5 Å². The minimum atomic E-state index is 0.372. The smallest absolute Gasteiger partial charge is 0.0119 e. The first-order valence-corrected chi connectivity index (χ1v) is 5.15. The third-order valence-electron chi connectivity index (χ3n) is 1.26. The molecule has 0 N–H and O–H groups in total. The van der Waals surface area contributed by atoms with E-state index in [1.54, 1.807) is 0 Å². The molecule has 1 heteroatoms. The van der Waals surface area contributed by atoms with Crippen molar-refractivity contribution in [3.63, 3.8) is 0 Å². The monoisotopic (exact) mass is 172 g/mol. The second kappa shape index (κ2) is 4.87. The summed E-state index contributed by atoms with van der Waals surface area (Å²) in [6, 6.07) is 0. The Morgan fingerprint density at radius 1 is 1.36 bits per heavy atom. The van der Waals surface area contributed by atoms with Gasteiger partial charge in [0, 0.05) is 4.75 Å². The van der Waals surface area contributed by atoms with Crippen molar-refractivity contribution in [2.24, 2.45) is 0 Å². The topological polar surface area (TPSA) is 0 Å². The molecule has 0 heterocycles. The van der Waals surface area contributed by atoms with Gasteiger partial charge in [-0.15, -0.1) is 11.8 Å². The van der Waals surface area contributed by atoms with Gasteiger partial charge in [-0.1, -0.05) is 40.2 Å². The molecule has 0 radical (unpaired) electrons. The third-order valence-corrected chi connectivity index (χ3v) is 2.57. The van der Waals surface area contributed by atoms with Crippen LogP contribution in [0.5, 0.6) is 0 Å². The molecule has 0 saturated heterocycles. The predicted molar refractivity (Wildman–Crippen MR) is 56.0 cm³/mol. The van der Waals surface area contributed by atoms with Crippen LogP contribution >= 0.6 is 11.8 Å². The highest BCUT2D eigenvalue weighted by Crippen LogP contribution is 2.33. The molecular weight excluding hydrogens is 152 g/mol.